The smallest absolute Gasteiger partial charge is 0.191 e. The number of hydrogen-bond acceptors (Lipinski definition) is 4. The molecule has 1 aliphatic heterocycles. The second kappa shape index (κ2) is 10.7. The van der Waals surface area contributed by atoms with Crippen LogP contribution in [-0.2, 0) is 6.42 Å². The molecule has 0 saturated heterocycles. The van der Waals surface area contributed by atoms with Crippen LogP contribution in [0.1, 0.15) is 74.1 Å². The number of halogens is 1. The molecule has 2 aliphatic rings. The molecule has 1 atom stereocenters. The van der Waals surface area contributed by atoms with E-state index in [1.54, 1.807) is 0 Å². The maximum Gasteiger partial charge on any atom is 0.191 e. The Balaban J connectivity index is 0.00000272. The van der Waals surface area contributed by atoms with E-state index in [0.717, 1.165) is 68.4 Å². The van der Waals surface area contributed by atoms with Crippen molar-refractivity contribution in [2.24, 2.45) is 4.99 Å². The molecular weight excluding hydrogens is 503 g/mol. The molecule has 0 amide bonds. The number of aromatic nitrogens is 1. The van der Waals surface area contributed by atoms with Gasteiger partial charge in [0.05, 0.1) is 11.7 Å². The topological polar surface area (TPSA) is 71.7 Å². The van der Waals surface area contributed by atoms with Crippen molar-refractivity contribution in [2.45, 2.75) is 77.4 Å². The lowest BCUT2D eigenvalue weighted by atomic mass is 9.86. The fourth-order valence-electron chi connectivity index (χ4n) is 4.86. The van der Waals surface area contributed by atoms with E-state index in [1.165, 1.54) is 24.0 Å². The lowest BCUT2D eigenvalue weighted by Crippen LogP contribution is -2.46. The van der Waals surface area contributed by atoms with Gasteiger partial charge in [0.25, 0.3) is 0 Å². The van der Waals surface area contributed by atoms with Crippen molar-refractivity contribution in [3.05, 3.63) is 46.8 Å². The molecule has 1 spiro atoms. The molecule has 170 valence electrons. The number of guanidine groups is 1. The minimum absolute atomic E-state index is 0. The van der Waals surface area contributed by atoms with E-state index in [4.69, 9.17) is 14.3 Å². The molecule has 0 bridgehead atoms. The summed E-state index contributed by atoms with van der Waals surface area (Å²) >= 11 is 0. The number of ether oxygens (including phenoxy) is 1. The summed E-state index contributed by atoms with van der Waals surface area (Å²) in [5, 5.41) is 11.2. The molecule has 7 heteroatoms. The third-order valence-corrected chi connectivity index (χ3v) is 6.40. The molecule has 1 aliphatic carbocycles. The molecule has 2 aromatic rings. The molecule has 4 rings (SSSR count). The Bertz CT molecular complexity index is 870. The van der Waals surface area contributed by atoms with Crippen LogP contribution in [0.4, 0.5) is 0 Å². The number of para-hydroxylation sites is 1. The third-order valence-electron chi connectivity index (χ3n) is 6.40. The first-order valence-electron chi connectivity index (χ1n) is 11.3. The van der Waals surface area contributed by atoms with Gasteiger partial charge < -0.3 is 19.9 Å². The number of aliphatic imine (C=N–C) groups is 1. The largest absolute Gasteiger partial charge is 0.487 e. The average Bonchev–Trinajstić information content (AvgIpc) is 3.32. The van der Waals surface area contributed by atoms with Crippen molar-refractivity contribution >= 4 is 29.9 Å². The maximum absolute atomic E-state index is 6.50. The zero-order valence-electron chi connectivity index (χ0n) is 18.9. The summed E-state index contributed by atoms with van der Waals surface area (Å²) in [4.78, 5) is 4.86. The summed E-state index contributed by atoms with van der Waals surface area (Å²) in [5.41, 5.74) is 3.41. The number of nitrogens with zero attached hydrogens (tertiary/aromatic N) is 2. The first kappa shape index (κ1) is 23.9. The van der Waals surface area contributed by atoms with E-state index in [1.807, 2.05) is 13.8 Å². The highest BCUT2D eigenvalue weighted by atomic mass is 127. The van der Waals surface area contributed by atoms with E-state index < -0.39 is 0 Å². The van der Waals surface area contributed by atoms with Gasteiger partial charge in [0.2, 0.25) is 0 Å². The Morgan fingerprint density at radius 3 is 2.71 bits per heavy atom. The number of hydrogen-bond donors (Lipinski definition) is 2. The summed E-state index contributed by atoms with van der Waals surface area (Å²) in [6, 6.07) is 8.66. The fourth-order valence-corrected chi connectivity index (χ4v) is 4.86. The van der Waals surface area contributed by atoms with Crippen LogP contribution in [0.3, 0.4) is 0 Å². The lowest BCUT2D eigenvalue weighted by molar-refractivity contribution is 0.0396. The van der Waals surface area contributed by atoms with Gasteiger partial charge in [-0.25, -0.2) is 0 Å². The highest BCUT2D eigenvalue weighted by Gasteiger charge is 2.43. The normalized spacial score (nSPS) is 19.5. The van der Waals surface area contributed by atoms with E-state index in [2.05, 4.69) is 47.0 Å². The predicted molar refractivity (Wildman–Crippen MR) is 134 cm³/mol. The van der Waals surface area contributed by atoms with Gasteiger partial charge in [0.1, 0.15) is 17.1 Å². The molecule has 1 saturated carbocycles. The molecule has 1 unspecified atom stereocenters. The fraction of sp³-hybridized carbons (Fsp3) is 0.583. The lowest BCUT2D eigenvalue weighted by Gasteiger charge is -2.40. The van der Waals surface area contributed by atoms with Gasteiger partial charge >= 0.3 is 0 Å². The zero-order valence-corrected chi connectivity index (χ0v) is 21.2. The average molecular weight is 538 g/mol. The highest BCUT2D eigenvalue weighted by Crippen LogP contribution is 2.46. The van der Waals surface area contributed by atoms with E-state index in [9.17, 15) is 0 Å². The molecule has 2 heterocycles. The van der Waals surface area contributed by atoms with Gasteiger partial charge in [0, 0.05) is 30.6 Å². The van der Waals surface area contributed by atoms with Crippen LogP contribution in [0.2, 0.25) is 0 Å². The number of nitrogens with one attached hydrogen (secondary N) is 2. The van der Waals surface area contributed by atoms with Crippen molar-refractivity contribution in [2.75, 3.05) is 13.1 Å². The molecular formula is C24H35IN4O2. The van der Waals surface area contributed by atoms with Gasteiger partial charge in [0.15, 0.2) is 5.96 Å². The van der Waals surface area contributed by atoms with Crippen LogP contribution in [0, 0.1) is 13.8 Å². The molecule has 31 heavy (non-hydrogen) atoms. The second-order valence-electron chi connectivity index (χ2n) is 8.60. The minimum Gasteiger partial charge on any atom is -0.487 e. The first-order valence-corrected chi connectivity index (χ1v) is 11.3. The predicted octanol–water partition coefficient (Wildman–Crippen LogP) is 5.23. The number of benzene rings is 1. The van der Waals surface area contributed by atoms with Crippen LogP contribution in [0.25, 0.3) is 0 Å². The monoisotopic (exact) mass is 538 g/mol. The standard InChI is InChI=1S/C24H34N4O2.HI/c1-4-25-23(26-15-9-11-19-17(2)28-30-18(19)3)27-21-16-24(13-7-8-14-24)29-22-12-6-5-10-20(21)22;/h5-6,10,12,21H,4,7-9,11,13-16H2,1-3H3,(H2,25,26,27);1H. The summed E-state index contributed by atoms with van der Waals surface area (Å²) < 4.78 is 11.8. The van der Waals surface area contributed by atoms with Crippen LogP contribution in [0.15, 0.2) is 33.8 Å². The molecule has 6 nitrogen and oxygen atoms in total. The summed E-state index contributed by atoms with van der Waals surface area (Å²) in [6.45, 7) is 7.69. The van der Waals surface area contributed by atoms with E-state index >= 15 is 0 Å². The summed E-state index contributed by atoms with van der Waals surface area (Å²) in [6.07, 6.45) is 7.69. The minimum atomic E-state index is -0.0211. The molecule has 1 aromatic heterocycles. The van der Waals surface area contributed by atoms with Crippen molar-refractivity contribution in [3.8, 4) is 5.75 Å². The molecule has 1 aromatic carbocycles. The highest BCUT2D eigenvalue weighted by molar-refractivity contribution is 14.0. The van der Waals surface area contributed by atoms with Crippen molar-refractivity contribution in [3.63, 3.8) is 0 Å². The van der Waals surface area contributed by atoms with Crippen molar-refractivity contribution in [1.82, 2.24) is 15.8 Å². The Morgan fingerprint density at radius 2 is 2.00 bits per heavy atom. The molecule has 0 radical (unpaired) electrons. The Kier molecular flexibility index (Phi) is 8.24. The van der Waals surface area contributed by atoms with Gasteiger partial charge in [-0.1, -0.05) is 23.4 Å². The number of fused-ring (bicyclic) bond motifs is 1. The van der Waals surface area contributed by atoms with Crippen LogP contribution in [0.5, 0.6) is 5.75 Å². The van der Waals surface area contributed by atoms with Crippen LogP contribution < -0.4 is 15.4 Å². The van der Waals surface area contributed by atoms with Crippen LogP contribution >= 0.6 is 24.0 Å². The quantitative estimate of drug-likeness (QED) is 0.228. The molecule has 2 N–H and O–H groups in total. The van der Waals surface area contributed by atoms with Crippen molar-refractivity contribution < 1.29 is 9.26 Å². The van der Waals surface area contributed by atoms with Gasteiger partial charge in [-0.3, -0.25) is 4.99 Å². The Hall–Kier alpha value is -1.77. The summed E-state index contributed by atoms with van der Waals surface area (Å²) in [5.74, 6) is 2.82. The van der Waals surface area contributed by atoms with E-state index in [-0.39, 0.29) is 35.6 Å². The van der Waals surface area contributed by atoms with Gasteiger partial charge in [-0.05, 0) is 65.4 Å². The number of aryl methyl sites for hydroxylation is 2. The Morgan fingerprint density at radius 1 is 1.23 bits per heavy atom. The van der Waals surface area contributed by atoms with Crippen molar-refractivity contribution in [1.29, 1.82) is 0 Å². The number of rotatable bonds is 6. The van der Waals surface area contributed by atoms with Gasteiger partial charge in [-0.2, -0.15) is 0 Å². The molecule has 1 fully saturated rings. The van der Waals surface area contributed by atoms with E-state index in [0.29, 0.717) is 0 Å². The maximum atomic E-state index is 6.50. The third kappa shape index (κ3) is 5.54. The van der Waals surface area contributed by atoms with Gasteiger partial charge in [-0.15, -0.1) is 24.0 Å². The zero-order chi connectivity index (χ0) is 21.0. The SMILES string of the molecule is CCNC(=NCCCc1c(C)noc1C)NC1CC2(CCCC2)Oc2ccccc21.I. The first-order chi connectivity index (χ1) is 14.6. The summed E-state index contributed by atoms with van der Waals surface area (Å²) in [7, 11) is 0. The van der Waals surface area contributed by atoms with Crippen LogP contribution in [-0.4, -0.2) is 29.8 Å². The Labute approximate surface area is 202 Å². The second-order valence-corrected chi connectivity index (χ2v) is 8.60.